The van der Waals surface area contributed by atoms with Crippen LogP contribution in [0.3, 0.4) is 0 Å². The quantitative estimate of drug-likeness (QED) is 0.243. The van der Waals surface area contributed by atoms with Crippen LogP contribution in [0.2, 0.25) is 0 Å². The van der Waals surface area contributed by atoms with E-state index in [1.165, 1.54) is 0 Å². The fourth-order valence-electron chi connectivity index (χ4n) is 0. The Morgan fingerprint density at radius 3 is 1.00 bits per heavy atom. The molecule has 0 saturated carbocycles. The molecule has 0 heterocycles. The number of hydrogen-bond donors (Lipinski definition) is 0. The first kappa shape index (κ1) is 33.0. The van der Waals surface area contributed by atoms with Crippen LogP contribution in [0, 0.1) is 0 Å². The molecule has 0 unspecified atom stereocenters. The van der Waals surface area contributed by atoms with Crippen molar-refractivity contribution < 1.29 is 29.1 Å². The molecular formula is H8CaPb2SnZr. The van der Waals surface area contributed by atoms with Crippen molar-refractivity contribution in [3.8, 4) is 0 Å². The predicted octanol–water partition coefficient (Wildman–Crippen LogP) is -2.91. The van der Waals surface area contributed by atoms with E-state index in [2.05, 4.69) is 0 Å². The summed E-state index contributed by atoms with van der Waals surface area (Å²) >= 11 is 0. The van der Waals surface area contributed by atoms with E-state index in [4.69, 9.17) is 0 Å². The van der Waals surface area contributed by atoms with E-state index in [1.807, 2.05) is 0 Å². The fourth-order valence-corrected chi connectivity index (χ4v) is 0. The molecule has 5 heavy (non-hydrogen) atoms. The molecule has 0 aliphatic rings. The summed E-state index contributed by atoms with van der Waals surface area (Å²) in [4.78, 5) is 0. The molecule has 0 aromatic carbocycles. The van der Waals surface area contributed by atoms with Gasteiger partial charge in [0.25, 0.3) is 0 Å². The summed E-state index contributed by atoms with van der Waals surface area (Å²) in [5.74, 6) is 0. The van der Waals surface area contributed by atoms with Gasteiger partial charge in [-0.05, 0) is 0 Å². The van der Waals surface area contributed by atoms with Crippen molar-refractivity contribution in [1.82, 2.24) is 0 Å². The molecule has 0 saturated heterocycles. The molecule has 0 N–H and O–H groups in total. The summed E-state index contributed by atoms with van der Waals surface area (Å²) in [7, 11) is 0. The molecule has 0 aromatic heterocycles. The molecule has 0 nitrogen and oxygen atoms in total. The van der Waals surface area contributed by atoms with Gasteiger partial charge < -0.3 is 2.85 Å². The minimum atomic E-state index is 0. The first-order valence-electron chi connectivity index (χ1n) is 0. The minimum Gasteiger partial charge on any atom is 0 e. The van der Waals surface area contributed by atoms with Gasteiger partial charge in [0.1, 0.15) is 0 Å². The summed E-state index contributed by atoms with van der Waals surface area (Å²) in [6, 6.07) is 0. The van der Waals surface area contributed by atoms with Gasteiger partial charge in [0.15, 0.2) is 0 Å². The largest absolute Gasteiger partial charge is 0 e. The summed E-state index contributed by atoms with van der Waals surface area (Å²) < 4.78 is 0. The Bertz CT molecular complexity index is 15.7. The normalized spacial score (nSPS) is 0. The van der Waals surface area contributed by atoms with E-state index in [9.17, 15) is 0 Å². The molecule has 0 aliphatic heterocycles. The van der Waals surface area contributed by atoms with Crippen LogP contribution in [0.5, 0.6) is 0 Å². The molecule has 6 radical (unpaired) electrons. The van der Waals surface area contributed by atoms with Gasteiger partial charge in [0.2, 0.25) is 0 Å². The number of hydrogen-bond acceptors (Lipinski definition) is 0. The summed E-state index contributed by atoms with van der Waals surface area (Å²) in [6.45, 7) is 0. The maximum absolute atomic E-state index is 0. The average molecular weight is 672 g/mol. The molecule has 0 rings (SSSR count). The maximum atomic E-state index is 0. The van der Waals surface area contributed by atoms with Crippen LogP contribution in [0.1, 0.15) is 2.85 Å². The van der Waals surface area contributed by atoms with Crippen molar-refractivity contribution in [1.29, 1.82) is 0 Å². The topological polar surface area (TPSA) is 0 Å². The smallest absolute Gasteiger partial charge is 0 e. The number of rotatable bonds is 0. The standard InChI is InChI=1S/Ca.2Pb.Sn.Zr.8H/q+2;;;;;;;;;;;2*-1. The van der Waals surface area contributed by atoms with Gasteiger partial charge in [-0.15, -0.1) is 0 Å². The van der Waals surface area contributed by atoms with Gasteiger partial charge in [0.05, 0.1) is 0 Å². The van der Waals surface area contributed by atoms with Gasteiger partial charge >= 0.3 is 116 Å². The molecule has 0 amide bonds. The van der Waals surface area contributed by atoms with Crippen molar-refractivity contribution in [2.45, 2.75) is 0 Å². The molecule has 26 valence electrons. The van der Waals surface area contributed by atoms with Gasteiger partial charge in [-0.2, -0.15) is 0 Å². The zero-order valence-corrected chi connectivity index (χ0v) is 23.0. The molecule has 0 atom stereocenters. The first-order chi connectivity index (χ1) is 0. The van der Waals surface area contributed by atoms with E-state index in [-0.39, 0.29) is 145 Å². The van der Waals surface area contributed by atoms with Crippen molar-refractivity contribution >= 4 is 116 Å². The predicted molar refractivity (Wildman–Crippen MR) is 33.6 cm³/mol. The van der Waals surface area contributed by atoms with Crippen LogP contribution < -0.4 is 0 Å². The van der Waals surface area contributed by atoms with E-state index in [0.29, 0.717) is 0 Å². The molecule has 0 aromatic rings. The third kappa shape index (κ3) is 17.7. The molecular weight excluding hydrogens is 664 g/mol. The maximum Gasteiger partial charge on any atom is 0 e. The van der Waals surface area contributed by atoms with E-state index >= 15 is 0 Å². The molecule has 0 fully saturated rings. The van der Waals surface area contributed by atoms with Crippen molar-refractivity contribution in [2.24, 2.45) is 0 Å². The second-order valence-electron chi connectivity index (χ2n) is 0. The second-order valence-corrected chi connectivity index (χ2v) is 0. The third-order valence-corrected chi connectivity index (χ3v) is 0. The van der Waals surface area contributed by atoms with Gasteiger partial charge in [-0.3, -0.25) is 0 Å². The minimum absolute atomic E-state index is 0. The Hall–Kier alpha value is 4.79. The van der Waals surface area contributed by atoms with Crippen LogP contribution in [0.25, 0.3) is 0 Å². The van der Waals surface area contributed by atoms with Crippen molar-refractivity contribution in [3.05, 3.63) is 0 Å². The van der Waals surface area contributed by atoms with Gasteiger partial charge in [0, 0.05) is 26.2 Å². The van der Waals surface area contributed by atoms with Crippen LogP contribution in [-0.2, 0) is 26.2 Å². The van der Waals surface area contributed by atoms with Gasteiger partial charge in [-0.25, -0.2) is 0 Å². The SMILES string of the molecule is [Ca+2].[H-].[H-].[PbH2].[PbH2].[SnH2].[Zr]. The Labute approximate surface area is 141 Å². The molecule has 0 bridgehead atoms. The van der Waals surface area contributed by atoms with Crippen LogP contribution in [-0.4, -0.2) is 116 Å². The zero-order chi connectivity index (χ0) is 0. The first-order valence-corrected chi connectivity index (χ1v) is 0. The molecule has 5 heteroatoms. The average Bonchev–Trinajstić information content (AvgIpc) is 0. The van der Waals surface area contributed by atoms with E-state index < -0.39 is 0 Å². The Morgan fingerprint density at radius 2 is 1.00 bits per heavy atom. The zero-order valence-electron chi connectivity index (χ0n) is 5.33. The summed E-state index contributed by atoms with van der Waals surface area (Å²) in [5.41, 5.74) is 0. The van der Waals surface area contributed by atoms with Crippen molar-refractivity contribution in [2.75, 3.05) is 0 Å². The fraction of sp³-hybridized carbons (Fsp3) is 0. The summed E-state index contributed by atoms with van der Waals surface area (Å²) in [5, 5.41) is 0. The second kappa shape index (κ2) is 23.3. The van der Waals surface area contributed by atoms with E-state index in [0.717, 1.165) is 0 Å². The van der Waals surface area contributed by atoms with Crippen LogP contribution in [0.15, 0.2) is 0 Å². The van der Waals surface area contributed by atoms with Crippen LogP contribution in [0.4, 0.5) is 0 Å². The van der Waals surface area contributed by atoms with Crippen molar-refractivity contribution in [3.63, 3.8) is 0 Å². The van der Waals surface area contributed by atoms with E-state index in [1.54, 1.807) is 0 Å². The Kier molecular flexibility index (Phi) is 153. The Balaban J connectivity index is 0. The third-order valence-electron chi connectivity index (χ3n) is 0. The van der Waals surface area contributed by atoms with Crippen LogP contribution >= 0.6 is 0 Å². The Morgan fingerprint density at radius 1 is 1.00 bits per heavy atom. The molecule has 0 spiro atoms. The van der Waals surface area contributed by atoms with Gasteiger partial charge in [-0.1, -0.05) is 0 Å². The summed E-state index contributed by atoms with van der Waals surface area (Å²) in [6.07, 6.45) is 0. The monoisotopic (exact) mass is 674 g/mol. The molecule has 0 aliphatic carbocycles.